The number of benzene rings is 1. The number of aryl methyl sites for hydroxylation is 1. The van der Waals surface area contributed by atoms with Crippen LogP contribution in [0.1, 0.15) is 36.8 Å². The van der Waals surface area contributed by atoms with E-state index < -0.39 is 0 Å². The summed E-state index contributed by atoms with van der Waals surface area (Å²) < 4.78 is 0. The summed E-state index contributed by atoms with van der Waals surface area (Å²) in [4.78, 5) is 0. The van der Waals surface area contributed by atoms with Crippen LogP contribution >= 0.6 is 0 Å². The van der Waals surface area contributed by atoms with E-state index in [0.29, 0.717) is 0 Å². The van der Waals surface area contributed by atoms with Gasteiger partial charge in [-0.25, -0.2) is 0 Å². The molecule has 1 aromatic carbocycles. The molecule has 0 saturated heterocycles. The van der Waals surface area contributed by atoms with Gasteiger partial charge in [-0.1, -0.05) is 30.7 Å². The van der Waals surface area contributed by atoms with E-state index in [0.717, 1.165) is 24.4 Å². The fourth-order valence-electron chi connectivity index (χ4n) is 3.78. The van der Waals surface area contributed by atoms with Gasteiger partial charge >= 0.3 is 0 Å². The summed E-state index contributed by atoms with van der Waals surface area (Å²) in [6.45, 7) is 3.37. The average molecular weight is 229 g/mol. The molecule has 1 nitrogen and oxygen atoms in total. The van der Waals surface area contributed by atoms with E-state index in [4.69, 9.17) is 0 Å². The second-order valence-electron chi connectivity index (χ2n) is 5.91. The first kappa shape index (κ1) is 11.3. The monoisotopic (exact) mass is 229 g/mol. The molecule has 1 N–H and O–H groups in total. The molecule has 0 spiro atoms. The summed E-state index contributed by atoms with van der Waals surface area (Å²) in [5, 5.41) is 3.79. The molecule has 17 heavy (non-hydrogen) atoms. The summed E-state index contributed by atoms with van der Waals surface area (Å²) in [5.41, 5.74) is 2.94. The van der Waals surface area contributed by atoms with Gasteiger partial charge in [-0.05, 0) is 62.1 Å². The third-order valence-corrected chi connectivity index (χ3v) is 4.80. The Balaban J connectivity index is 1.48. The second kappa shape index (κ2) is 4.81. The zero-order valence-corrected chi connectivity index (χ0v) is 10.8. The standard InChI is InChI=1S/C16H23N/c1-12-4-2-3-5-14(12)8-9-17-16-11-13-6-7-15(16)10-13/h2-5,13,15-17H,6-11H2,1H3. The van der Waals surface area contributed by atoms with Crippen molar-refractivity contribution in [3.63, 3.8) is 0 Å². The molecule has 2 bridgehead atoms. The van der Waals surface area contributed by atoms with Crippen LogP contribution in [-0.2, 0) is 6.42 Å². The van der Waals surface area contributed by atoms with Crippen molar-refractivity contribution in [1.82, 2.24) is 5.32 Å². The van der Waals surface area contributed by atoms with Gasteiger partial charge in [-0.3, -0.25) is 0 Å². The summed E-state index contributed by atoms with van der Waals surface area (Å²) in [6, 6.07) is 9.59. The van der Waals surface area contributed by atoms with Crippen LogP contribution in [0.4, 0.5) is 0 Å². The van der Waals surface area contributed by atoms with Crippen LogP contribution in [0.2, 0.25) is 0 Å². The predicted molar refractivity (Wildman–Crippen MR) is 72.1 cm³/mol. The molecule has 2 saturated carbocycles. The Kier molecular flexibility index (Phi) is 3.19. The molecular weight excluding hydrogens is 206 g/mol. The van der Waals surface area contributed by atoms with Crippen LogP contribution in [0.15, 0.2) is 24.3 Å². The van der Waals surface area contributed by atoms with Crippen molar-refractivity contribution in [3.8, 4) is 0 Å². The first-order valence-electron chi connectivity index (χ1n) is 7.11. The Hall–Kier alpha value is -0.820. The van der Waals surface area contributed by atoms with Gasteiger partial charge in [0, 0.05) is 6.04 Å². The molecule has 3 atom stereocenters. The largest absolute Gasteiger partial charge is 0.313 e. The minimum Gasteiger partial charge on any atom is -0.313 e. The lowest BCUT2D eigenvalue weighted by molar-refractivity contribution is 0.354. The zero-order valence-electron chi connectivity index (χ0n) is 10.8. The van der Waals surface area contributed by atoms with Crippen molar-refractivity contribution in [1.29, 1.82) is 0 Å². The van der Waals surface area contributed by atoms with Crippen molar-refractivity contribution < 1.29 is 0 Å². The van der Waals surface area contributed by atoms with E-state index in [2.05, 4.69) is 36.5 Å². The van der Waals surface area contributed by atoms with Gasteiger partial charge in [0.05, 0.1) is 0 Å². The number of rotatable bonds is 4. The minimum atomic E-state index is 0.831. The molecule has 0 radical (unpaired) electrons. The lowest BCUT2D eigenvalue weighted by Crippen LogP contribution is -2.35. The van der Waals surface area contributed by atoms with Gasteiger partial charge in [-0.15, -0.1) is 0 Å². The van der Waals surface area contributed by atoms with Crippen LogP contribution in [0.3, 0.4) is 0 Å². The van der Waals surface area contributed by atoms with E-state index in [9.17, 15) is 0 Å². The van der Waals surface area contributed by atoms with E-state index in [1.165, 1.54) is 43.2 Å². The molecule has 1 heteroatoms. The molecular formula is C16H23N. The molecule has 1 aromatic rings. The second-order valence-corrected chi connectivity index (χ2v) is 5.91. The molecule has 2 fully saturated rings. The Morgan fingerprint density at radius 1 is 1.18 bits per heavy atom. The number of fused-ring (bicyclic) bond motifs is 2. The molecule has 92 valence electrons. The topological polar surface area (TPSA) is 12.0 Å². The highest BCUT2D eigenvalue weighted by Crippen LogP contribution is 2.44. The summed E-state index contributed by atoms with van der Waals surface area (Å²) in [6.07, 6.45) is 7.11. The third kappa shape index (κ3) is 2.40. The van der Waals surface area contributed by atoms with Crippen LogP contribution in [0.25, 0.3) is 0 Å². The molecule has 3 rings (SSSR count). The first-order chi connectivity index (χ1) is 8.33. The maximum absolute atomic E-state index is 3.79. The van der Waals surface area contributed by atoms with Crippen molar-refractivity contribution in [2.24, 2.45) is 11.8 Å². The fraction of sp³-hybridized carbons (Fsp3) is 0.625. The Labute approximate surface area is 105 Å². The zero-order chi connectivity index (χ0) is 11.7. The third-order valence-electron chi connectivity index (χ3n) is 4.80. The van der Waals surface area contributed by atoms with E-state index in [1.807, 2.05) is 0 Å². The highest BCUT2D eigenvalue weighted by molar-refractivity contribution is 5.25. The van der Waals surface area contributed by atoms with Gasteiger partial charge in [0.25, 0.3) is 0 Å². The highest BCUT2D eigenvalue weighted by Gasteiger charge is 2.38. The number of hydrogen-bond donors (Lipinski definition) is 1. The number of hydrogen-bond acceptors (Lipinski definition) is 1. The maximum atomic E-state index is 3.79. The van der Waals surface area contributed by atoms with E-state index in [1.54, 1.807) is 0 Å². The summed E-state index contributed by atoms with van der Waals surface area (Å²) in [7, 11) is 0. The molecule has 0 heterocycles. The Bertz CT molecular complexity index is 385. The van der Waals surface area contributed by atoms with Crippen molar-refractivity contribution in [3.05, 3.63) is 35.4 Å². The van der Waals surface area contributed by atoms with Gasteiger partial charge < -0.3 is 5.32 Å². The Morgan fingerprint density at radius 2 is 2.06 bits per heavy atom. The van der Waals surface area contributed by atoms with Crippen LogP contribution < -0.4 is 5.32 Å². The lowest BCUT2D eigenvalue weighted by atomic mass is 9.95. The SMILES string of the molecule is Cc1ccccc1CCNC1CC2CCC1C2. The predicted octanol–water partition coefficient (Wildman–Crippen LogP) is 3.32. The van der Waals surface area contributed by atoms with Crippen molar-refractivity contribution in [2.75, 3.05) is 6.54 Å². The molecule has 0 aromatic heterocycles. The smallest absolute Gasteiger partial charge is 0.00981 e. The fourth-order valence-corrected chi connectivity index (χ4v) is 3.78. The molecule has 2 aliphatic carbocycles. The lowest BCUT2D eigenvalue weighted by Gasteiger charge is -2.23. The highest BCUT2D eigenvalue weighted by atomic mass is 14.9. The summed E-state index contributed by atoms with van der Waals surface area (Å²) in [5.74, 6) is 2.05. The molecule has 2 aliphatic rings. The van der Waals surface area contributed by atoms with Crippen LogP contribution in [-0.4, -0.2) is 12.6 Å². The molecule has 3 unspecified atom stereocenters. The molecule has 0 amide bonds. The van der Waals surface area contributed by atoms with Gasteiger partial charge in [-0.2, -0.15) is 0 Å². The first-order valence-corrected chi connectivity index (χ1v) is 7.11. The van der Waals surface area contributed by atoms with Gasteiger partial charge in [0.1, 0.15) is 0 Å². The average Bonchev–Trinajstić information content (AvgIpc) is 2.94. The maximum Gasteiger partial charge on any atom is 0.00981 e. The van der Waals surface area contributed by atoms with E-state index in [-0.39, 0.29) is 0 Å². The normalized spacial score (nSPS) is 31.0. The number of nitrogens with one attached hydrogen (secondary N) is 1. The minimum absolute atomic E-state index is 0.831. The van der Waals surface area contributed by atoms with Gasteiger partial charge in [0.15, 0.2) is 0 Å². The van der Waals surface area contributed by atoms with Crippen molar-refractivity contribution in [2.45, 2.75) is 45.1 Å². The van der Waals surface area contributed by atoms with E-state index >= 15 is 0 Å². The van der Waals surface area contributed by atoms with Crippen molar-refractivity contribution >= 4 is 0 Å². The van der Waals surface area contributed by atoms with Crippen LogP contribution in [0, 0.1) is 18.8 Å². The summed E-state index contributed by atoms with van der Waals surface area (Å²) >= 11 is 0. The van der Waals surface area contributed by atoms with Crippen LogP contribution in [0.5, 0.6) is 0 Å². The quantitative estimate of drug-likeness (QED) is 0.835. The molecule has 0 aliphatic heterocycles. The van der Waals surface area contributed by atoms with Gasteiger partial charge in [0.2, 0.25) is 0 Å². The Morgan fingerprint density at radius 3 is 2.76 bits per heavy atom.